The standard InChI is InChI=1S/C17H21N5O/c1-12-5-6-16(21-20-12)19-15-4-2-3-14(9-15)17(23)22-8-7-13(10-18)11-22/h2-6,9,13H,7-8,10-11,18H2,1H3,(H,19,21)/t13-/m0/s1. The summed E-state index contributed by atoms with van der Waals surface area (Å²) in [6.07, 6.45) is 0.985. The third kappa shape index (κ3) is 3.65. The van der Waals surface area contributed by atoms with Crippen molar-refractivity contribution < 1.29 is 4.79 Å². The number of carbonyl (C=O) groups is 1. The lowest BCUT2D eigenvalue weighted by molar-refractivity contribution is 0.0787. The van der Waals surface area contributed by atoms with Crippen molar-refractivity contribution in [3.8, 4) is 0 Å². The predicted octanol–water partition coefficient (Wildman–Crippen LogP) is 1.95. The van der Waals surface area contributed by atoms with Crippen molar-refractivity contribution in [3.05, 3.63) is 47.7 Å². The number of benzene rings is 1. The van der Waals surface area contributed by atoms with Gasteiger partial charge < -0.3 is 16.0 Å². The normalized spacial score (nSPS) is 17.3. The molecule has 0 radical (unpaired) electrons. The van der Waals surface area contributed by atoms with Crippen LogP contribution in [0, 0.1) is 12.8 Å². The Morgan fingerprint density at radius 2 is 2.22 bits per heavy atom. The minimum atomic E-state index is 0.0552. The zero-order valence-corrected chi connectivity index (χ0v) is 13.2. The van der Waals surface area contributed by atoms with Crippen molar-refractivity contribution in [2.24, 2.45) is 11.7 Å². The highest BCUT2D eigenvalue weighted by Crippen LogP contribution is 2.20. The largest absolute Gasteiger partial charge is 0.339 e. The summed E-state index contributed by atoms with van der Waals surface area (Å²) in [6.45, 7) is 4.05. The number of aromatic nitrogens is 2. The van der Waals surface area contributed by atoms with Crippen LogP contribution < -0.4 is 11.1 Å². The van der Waals surface area contributed by atoms with Crippen molar-refractivity contribution in [3.63, 3.8) is 0 Å². The van der Waals surface area contributed by atoms with Gasteiger partial charge in [0.05, 0.1) is 5.69 Å². The molecule has 3 N–H and O–H groups in total. The van der Waals surface area contributed by atoms with Crippen molar-refractivity contribution in [2.45, 2.75) is 13.3 Å². The van der Waals surface area contributed by atoms with E-state index in [1.54, 1.807) is 0 Å². The highest BCUT2D eigenvalue weighted by Gasteiger charge is 2.26. The zero-order chi connectivity index (χ0) is 16.2. The van der Waals surface area contributed by atoms with Gasteiger partial charge in [0.2, 0.25) is 0 Å². The summed E-state index contributed by atoms with van der Waals surface area (Å²) in [5, 5.41) is 11.3. The molecule has 1 saturated heterocycles. The first-order valence-corrected chi connectivity index (χ1v) is 7.82. The SMILES string of the molecule is Cc1ccc(Nc2cccc(C(=O)N3CC[C@@H](CN)C3)c2)nn1. The maximum atomic E-state index is 12.6. The molecule has 0 saturated carbocycles. The van der Waals surface area contributed by atoms with Gasteiger partial charge in [-0.15, -0.1) is 5.10 Å². The van der Waals surface area contributed by atoms with E-state index in [4.69, 9.17) is 5.73 Å². The van der Waals surface area contributed by atoms with E-state index in [9.17, 15) is 4.79 Å². The van der Waals surface area contributed by atoms with Crippen LogP contribution in [0.15, 0.2) is 36.4 Å². The molecule has 3 rings (SSSR count). The molecule has 0 unspecified atom stereocenters. The van der Waals surface area contributed by atoms with E-state index >= 15 is 0 Å². The number of hydrogen-bond acceptors (Lipinski definition) is 5. The molecule has 6 nitrogen and oxygen atoms in total. The average molecular weight is 311 g/mol. The first kappa shape index (κ1) is 15.4. The second kappa shape index (κ2) is 6.75. The molecular weight excluding hydrogens is 290 g/mol. The van der Waals surface area contributed by atoms with Crippen LogP contribution in [0.2, 0.25) is 0 Å². The van der Waals surface area contributed by atoms with E-state index in [1.807, 2.05) is 48.2 Å². The number of nitrogens with two attached hydrogens (primary N) is 1. The van der Waals surface area contributed by atoms with E-state index in [2.05, 4.69) is 15.5 Å². The van der Waals surface area contributed by atoms with Gasteiger partial charge in [0.1, 0.15) is 0 Å². The van der Waals surface area contributed by atoms with Crippen LogP contribution >= 0.6 is 0 Å². The maximum absolute atomic E-state index is 12.6. The number of aryl methyl sites for hydroxylation is 1. The lowest BCUT2D eigenvalue weighted by atomic mass is 10.1. The van der Waals surface area contributed by atoms with Crippen molar-refractivity contribution in [2.75, 3.05) is 25.0 Å². The van der Waals surface area contributed by atoms with Gasteiger partial charge in [0.25, 0.3) is 5.91 Å². The lowest BCUT2D eigenvalue weighted by Crippen LogP contribution is -2.29. The summed E-state index contributed by atoms with van der Waals surface area (Å²) < 4.78 is 0. The number of hydrogen-bond donors (Lipinski definition) is 2. The van der Waals surface area contributed by atoms with E-state index < -0.39 is 0 Å². The molecule has 1 fully saturated rings. The van der Waals surface area contributed by atoms with Gasteiger partial charge in [-0.3, -0.25) is 4.79 Å². The summed E-state index contributed by atoms with van der Waals surface area (Å²) in [7, 11) is 0. The zero-order valence-electron chi connectivity index (χ0n) is 13.2. The molecule has 0 spiro atoms. The van der Waals surface area contributed by atoms with Gasteiger partial charge in [-0.1, -0.05) is 6.07 Å². The summed E-state index contributed by atoms with van der Waals surface area (Å²) in [6, 6.07) is 11.2. The summed E-state index contributed by atoms with van der Waals surface area (Å²) in [5.41, 5.74) is 8.06. The number of anilines is 2. The fourth-order valence-corrected chi connectivity index (χ4v) is 2.74. The summed E-state index contributed by atoms with van der Waals surface area (Å²) in [4.78, 5) is 14.5. The van der Waals surface area contributed by atoms with E-state index in [-0.39, 0.29) is 5.91 Å². The van der Waals surface area contributed by atoms with Crippen molar-refractivity contribution in [1.82, 2.24) is 15.1 Å². The molecule has 1 aromatic heterocycles. The molecule has 0 aliphatic carbocycles. The Balaban J connectivity index is 1.72. The molecule has 1 aliphatic rings. The molecule has 1 aromatic carbocycles. The molecule has 23 heavy (non-hydrogen) atoms. The van der Waals surface area contributed by atoms with E-state index in [0.29, 0.717) is 23.8 Å². The Hall–Kier alpha value is -2.47. The Morgan fingerprint density at radius 3 is 2.91 bits per heavy atom. The fourth-order valence-electron chi connectivity index (χ4n) is 2.74. The Labute approximate surface area is 135 Å². The topological polar surface area (TPSA) is 84.1 Å². The summed E-state index contributed by atoms with van der Waals surface area (Å²) in [5.74, 6) is 1.13. The molecule has 1 amide bonds. The van der Waals surface area contributed by atoms with Crippen molar-refractivity contribution in [1.29, 1.82) is 0 Å². The van der Waals surface area contributed by atoms with Crippen LogP contribution in [0.25, 0.3) is 0 Å². The van der Waals surface area contributed by atoms with Gasteiger partial charge in [0, 0.05) is 24.3 Å². The summed E-state index contributed by atoms with van der Waals surface area (Å²) >= 11 is 0. The first-order chi connectivity index (χ1) is 11.2. The van der Waals surface area contributed by atoms with Gasteiger partial charge in [0.15, 0.2) is 5.82 Å². The lowest BCUT2D eigenvalue weighted by Gasteiger charge is -2.17. The molecule has 2 heterocycles. The quantitative estimate of drug-likeness (QED) is 0.901. The van der Waals surface area contributed by atoms with Crippen LogP contribution in [-0.2, 0) is 0 Å². The molecule has 0 bridgehead atoms. The second-order valence-corrected chi connectivity index (χ2v) is 5.91. The minimum Gasteiger partial charge on any atom is -0.339 e. The number of amides is 1. The number of nitrogens with one attached hydrogen (secondary N) is 1. The van der Waals surface area contributed by atoms with Crippen LogP contribution in [0.1, 0.15) is 22.5 Å². The Morgan fingerprint density at radius 1 is 1.35 bits per heavy atom. The average Bonchev–Trinajstić information content (AvgIpc) is 3.06. The fraction of sp³-hybridized carbons (Fsp3) is 0.353. The molecule has 6 heteroatoms. The van der Waals surface area contributed by atoms with Crippen LogP contribution in [0.4, 0.5) is 11.5 Å². The number of carbonyl (C=O) groups excluding carboxylic acids is 1. The van der Waals surface area contributed by atoms with Gasteiger partial charge in [-0.2, -0.15) is 5.10 Å². The monoisotopic (exact) mass is 311 g/mol. The highest BCUT2D eigenvalue weighted by atomic mass is 16.2. The predicted molar refractivity (Wildman–Crippen MR) is 89.6 cm³/mol. The van der Waals surface area contributed by atoms with Crippen LogP contribution in [0.5, 0.6) is 0 Å². The Bertz CT molecular complexity index is 686. The van der Waals surface area contributed by atoms with Gasteiger partial charge in [-0.05, 0) is 56.1 Å². The number of rotatable bonds is 4. The number of nitrogens with zero attached hydrogens (tertiary/aromatic N) is 3. The molecule has 2 aromatic rings. The first-order valence-electron chi connectivity index (χ1n) is 7.82. The minimum absolute atomic E-state index is 0.0552. The van der Waals surface area contributed by atoms with Crippen LogP contribution in [0.3, 0.4) is 0 Å². The number of likely N-dealkylation sites (tertiary alicyclic amines) is 1. The third-order valence-corrected chi connectivity index (χ3v) is 4.09. The molecule has 120 valence electrons. The van der Waals surface area contributed by atoms with Crippen LogP contribution in [-0.4, -0.2) is 40.6 Å². The van der Waals surface area contributed by atoms with Gasteiger partial charge in [-0.25, -0.2) is 0 Å². The third-order valence-electron chi connectivity index (χ3n) is 4.09. The Kier molecular flexibility index (Phi) is 4.52. The second-order valence-electron chi connectivity index (χ2n) is 5.91. The van der Waals surface area contributed by atoms with E-state index in [1.165, 1.54) is 0 Å². The smallest absolute Gasteiger partial charge is 0.253 e. The maximum Gasteiger partial charge on any atom is 0.253 e. The highest BCUT2D eigenvalue weighted by molar-refractivity contribution is 5.95. The molecular formula is C17H21N5O. The molecule has 1 aliphatic heterocycles. The van der Waals surface area contributed by atoms with Gasteiger partial charge >= 0.3 is 0 Å². The van der Waals surface area contributed by atoms with Crippen molar-refractivity contribution >= 4 is 17.4 Å². The molecule has 1 atom stereocenters. The van der Waals surface area contributed by atoms with E-state index in [0.717, 1.165) is 30.9 Å².